The summed E-state index contributed by atoms with van der Waals surface area (Å²) in [4.78, 5) is 12.0. The zero-order valence-electron chi connectivity index (χ0n) is 10.5. The number of ether oxygens (including phenoxy) is 1. The number of amides is 1. The minimum absolute atomic E-state index is 0.247. The fourth-order valence-electron chi connectivity index (χ4n) is 1.28. The topological polar surface area (TPSA) is 64.3 Å². The maximum absolute atomic E-state index is 12.0. The number of benzene rings is 1. The maximum Gasteiger partial charge on any atom is 0.255 e. The Balaban J connectivity index is 2.95. The molecule has 3 N–H and O–H groups in total. The summed E-state index contributed by atoms with van der Waals surface area (Å²) < 4.78 is 6.01. The minimum Gasteiger partial charge on any atom is -0.496 e. The second kappa shape index (κ2) is 6.08. The highest BCUT2D eigenvalue weighted by Crippen LogP contribution is 2.28. The second-order valence-corrected chi connectivity index (χ2v) is 6.21. The third kappa shape index (κ3) is 4.29. The summed E-state index contributed by atoms with van der Waals surface area (Å²) in [6, 6.07) is 3.33. The van der Waals surface area contributed by atoms with E-state index < -0.39 is 5.54 Å². The highest BCUT2D eigenvalue weighted by molar-refractivity contribution is 14.1. The van der Waals surface area contributed by atoms with E-state index >= 15 is 0 Å². The Bertz CT molecular complexity index is 458. The summed E-state index contributed by atoms with van der Waals surface area (Å²) >= 11 is 8.09. The average molecular weight is 383 g/mol. The number of nitrogens with one attached hydrogen (secondary N) is 1. The van der Waals surface area contributed by atoms with E-state index in [4.69, 9.17) is 22.1 Å². The van der Waals surface area contributed by atoms with Crippen molar-refractivity contribution in [2.45, 2.75) is 19.4 Å². The number of nitrogens with two attached hydrogens (primary N) is 1. The Hall–Kier alpha value is -0.530. The van der Waals surface area contributed by atoms with Gasteiger partial charge >= 0.3 is 0 Å². The summed E-state index contributed by atoms with van der Waals surface area (Å²) in [5.41, 5.74) is 5.76. The number of halogens is 2. The highest BCUT2D eigenvalue weighted by Gasteiger charge is 2.17. The fourth-order valence-corrected chi connectivity index (χ4v) is 1.88. The Labute approximate surface area is 125 Å². The molecule has 1 aromatic rings. The first-order chi connectivity index (χ1) is 8.24. The number of methoxy groups -OCH3 is 1. The van der Waals surface area contributed by atoms with Crippen LogP contribution in [0, 0.1) is 3.57 Å². The molecule has 0 atom stereocenters. The number of carbonyl (C=O) groups is 1. The second-order valence-electron chi connectivity index (χ2n) is 4.64. The van der Waals surface area contributed by atoms with Gasteiger partial charge in [-0.05, 0) is 48.6 Å². The Morgan fingerprint density at radius 2 is 2.17 bits per heavy atom. The van der Waals surface area contributed by atoms with E-state index in [0.29, 0.717) is 22.9 Å². The van der Waals surface area contributed by atoms with Crippen molar-refractivity contribution in [3.63, 3.8) is 0 Å². The average Bonchev–Trinajstić information content (AvgIpc) is 2.28. The number of hydrogen-bond donors (Lipinski definition) is 2. The van der Waals surface area contributed by atoms with Gasteiger partial charge in [-0.3, -0.25) is 4.79 Å². The van der Waals surface area contributed by atoms with Gasteiger partial charge in [0.2, 0.25) is 0 Å². The molecule has 0 aliphatic carbocycles. The van der Waals surface area contributed by atoms with E-state index in [-0.39, 0.29) is 5.91 Å². The first-order valence-electron chi connectivity index (χ1n) is 5.34. The van der Waals surface area contributed by atoms with Crippen LogP contribution in [0.5, 0.6) is 5.75 Å². The standard InChI is InChI=1S/C12H16ClIN2O2/c1-12(2,15)6-16-11(17)7-4-8(13)9(14)5-10(7)18-3/h4-5H,6,15H2,1-3H3,(H,16,17). The van der Waals surface area contributed by atoms with Crippen molar-refractivity contribution in [3.05, 3.63) is 26.3 Å². The van der Waals surface area contributed by atoms with Gasteiger partial charge in [-0.25, -0.2) is 0 Å². The normalized spacial score (nSPS) is 11.2. The molecule has 4 nitrogen and oxygen atoms in total. The van der Waals surface area contributed by atoms with Crippen LogP contribution in [0.2, 0.25) is 5.02 Å². The van der Waals surface area contributed by atoms with E-state index in [2.05, 4.69) is 27.9 Å². The van der Waals surface area contributed by atoms with Gasteiger partial charge in [-0.1, -0.05) is 11.6 Å². The molecule has 18 heavy (non-hydrogen) atoms. The molecule has 0 fully saturated rings. The fraction of sp³-hybridized carbons (Fsp3) is 0.417. The molecule has 1 rings (SSSR count). The summed E-state index contributed by atoms with van der Waals surface area (Å²) in [6.45, 7) is 4.05. The minimum atomic E-state index is -0.462. The van der Waals surface area contributed by atoms with Crippen LogP contribution in [0.25, 0.3) is 0 Å². The van der Waals surface area contributed by atoms with Gasteiger partial charge in [0.25, 0.3) is 5.91 Å². The lowest BCUT2D eigenvalue weighted by Gasteiger charge is -2.19. The smallest absolute Gasteiger partial charge is 0.255 e. The maximum atomic E-state index is 12.0. The van der Waals surface area contributed by atoms with Gasteiger partial charge < -0.3 is 15.8 Å². The Morgan fingerprint density at radius 1 is 1.56 bits per heavy atom. The van der Waals surface area contributed by atoms with Crippen molar-refractivity contribution in [2.75, 3.05) is 13.7 Å². The number of rotatable bonds is 4. The monoisotopic (exact) mass is 382 g/mol. The van der Waals surface area contributed by atoms with E-state index in [1.165, 1.54) is 7.11 Å². The Morgan fingerprint density at radius 3 is 2.67 bits per heavy atom. The van der Waals surface area contributed by atoms with E-state index in [9.17, 15) is 4.79 Å². The molecule has 0 saturated heterocycles. The van der Waals surface area contributed by atoms with Crippen LogP contribution in [-0.2, 0) is 0 Å². The molecule has 0 radical (unpaired) electrons. The van der Waals surface area contributed by atoms with Crippen LogP contribution in [0.15, 0.2) is 12.1 Å². The Kier molecular flexibility index (Phi) is 5.24. The highest BCUT2D eigenvalue weighted by atomic mass is 127. The van der Waals surface area contributed by atoms with Gasteiger partial charge in [0.1, 0.15) is 5.75 Å². The van der Waals surface area contributed by atoms with Crippen molar-refractivity contribution in [2.24, 2.45) is 5.73 Å². The molecule has 1 aromatic carbocycles. The lowest BCUT2D eigenvalue weighted by Crippen LogP contribution is -2.45. The molecule has 0 bridgehead atoms. The van der Waals surface area contributed by atoms with Crippen molar-refractivity contribution in [1.82, 2.24) is 5.32 Å². The van der Waals surface area contributed by atoms with Crippen molar-refractivity contribution >= 4 is 40.1 Å². The lowest BCUT2D eigenvalue weighted by atomic mass is 10.1. The first-order valence-corrected chi connectivity index (χ1v) is 6.80. The van der Waals surface area contributed by atoms with Gasteiger partial charge in [0.05, 0.1) is 17.7 Å². The predicted octanol–water partition coefficient (Wildman–Crippen LogP) is 2.42. The predicted molar refractivity (Wildman–Crippen MR) is 81.3 cm³/mol. The molecule has 0 unspecified atom stereocenters. The molecular weight excluding hydrogens is 367 g/mol. The zero-order valence-corrected chi connectivity index (χ0v) is 13.4. The van der Waals surface area contributed by atoms with Gasteiger partial charge in [0.15, 0.2) is 0 Å². The molecular formula is C12H16ClIN2O2. The molecule has 1 amide bonds. The lowest BCUT2D eigenvalue weighted by molar-refractivity contribution is 0.0943. The van der Waals surface area contributed by atoms with Gasteiger partial charge in [-0.15, -0.1) is 0 Å². The van der Waals surface area contributed by atoms with Crippen LogP contribution in [0.4, 0.5) is 0 Å². The van der Waals surface area contributed by atoms with Gasteiger partial charge in [-0.2, -0.15) is 0 Å². The molecule has 0 heterocycles. The third-order valence-corrected chi connectivity index (χ3v) is 3.72. The van der Waals surface area contributed by atoms with Crippen LogP contribution < -0.4 is 15.8 Å². The van der Waals surface area contributed by atoms with Crippen molar-refractivity contribution < 1.29 is 9.53 Å². The number of carbonyl (C=O) groups excluding carboxylic acids is 1. The van der Waals surface area contributed by atoms with E-state index in [1.54, 1.807) is 12.1 Å². The van der Waals surface area contributed by atoms with Crippen LogP contribution in [-0.4, -0.2) is 25.1 Å². The van der Waals surface area contributed by atoms with Crippen LogP contribution >= 0.6 is 34.2 Å². The third-order valence-electron chi connectivity index (χ3n) is 2.19. The SMILES string of the molecule is COc1cc(I)c(Cl)cc1C(=O)NCC(C)(C)N. The molecule has 6 heteroatoms. The zero-order chi connectivity index (χ0) is 13.9. The van der Waals surface area contributed by atoms with E-state index in [0.717, 1.165) is 3.57 Å². The molecule has 0 saturated carbocycles. The van der Waals surface area contributed by atoms with E-state index in [1.807, 2.05) is 13.8 Å². The molecule has 0 aliphatic rings. The molecule has 0 spiro atoms. The molecule has 100 valence electrons. The summed E-state index contributed by atoms with van der Waals surface area (Å²) in [7, 11) is 1.52. The van der Waals surface area contributed by atoms with Gasteiger partial charge in [0, 0.05) is 15.7 Å². The van der Waals surface area contributed by atoms with Crippen molar-refractivity contribution in [3.8, 4) is 5.75 Å². The molecule has 0 aliphatic heterocycles. The largest absolute Gasteiger partial charge is 0.496 e. The summed E-state index contributed by atoms with van der Waals surface area (Å²) in [6.07, 6.45) is 0. The summed E-state index contributed by atoms with van der Waals surface area (Å²) in [5, 5.41) is 3.28. The van der Waals surface area contributed by atoms with Crippen LogP contribution in [0.3, 0.4) is 0 Å². The first kappa shape index (κ1) is 15.5. The quantitative estimate of drug-likeness (QED) is 0.786. The van der Waals surface area contributed by atoms with Crippen LogP contribution in [0.1, 0.15) is 24.2 Å². The number of hydrogen-bond acceptors (Lipinski definition) is 3. The van der Waals surface area contributed by atoms with Crippen molar-refractivity contribution in [1.29, 1.82) is 0 Å². The summed E-state index contributed by atoms with van der Waals surface area (Å²) in [5.74, 6) is 0.250. The molecule has 0 aromatic heterocycles.